The Morgan fingerprint density at radius 2 is 2.12 bits per heavy atom. The minimum atomic E-state index is -0.192. The normalized spacial score (nSPS) is 15.3. The molecule has 0 spiro atoms. The van der Waals surface area contributed by atoms with E-state index in [1.54, 1.807) is 16.2 Å². The molecule has 8 heteroatoms. The quantitative estimate of drug-likeness (QED) is 0.518. The van der Waals surface area contributed by atoms with Gasteiger partial charge in [-0.2, -0.15) is 0 Å². The van der Waals surface area contributed by atoms with Crippen LogP contribution < -0.4 is 10.1 Å². The Labute approximate surface area is 205 Å². The van der Waals surface area contributed by atoms with Crippen molar-refractivity contribution in [3.8, 4) is 5.75 Å². The maximum Gasteiger partial charge on any atom is 0.317 e. The van der Waals surface area contributed by atoms with E-state index in [2.05, 4.69) is 16.8 Å². The molecule has 0 radical (unpaired) electrons. The van der Waals surface area contributed by atoms with Crippen molar-refractivity contribution in [1.29, 1.82) is 0 Å². The van der Waals surface area contributed by atoms with Crippen LogP contribution in [0.3, 0.4) is 0 Å². The zero-order valence-electron chi connectivity index (χ0n) is 19.9. The fourth-order valence-electron chi connectivity index (χ4n) is 4.01. The maximum absolute atomic E-state index is 13.5. The van der Waals surface area contributed by atoms with Gasteiger partial charge < -0.3 is 19.9 Å². The highest BCUT2D eigenvalue weighted by Gasteiger charge is 2.33. The number of thiophene rings is 1. The van der Waals surface area contributed by atoms with E-state index >= 15 is 0 Å². The molecule has 2 aromatic rings. The van der Waals surface area contributed by atoms with Crippen molar-refractivity contribution < 1.29 is 14.3 Å². The van der Waals surface area contributed by atoms with Gasteiger partial charge in [0, 0.05) is 29.5 Å². The first-order valence-corrected chi connectivity index (χ1v) is 12.8. The van der Waals surface area contributed by atoms with Gasteiger partial charge in [0.25, 0.3) is 0 Å². The zero-order chi connectivity index (χ0) is 24.0. The molecule has 3 amide bonds. The first kappa shape index (κ1) is 25.4. The molecule has 33 heavy (non-hydrogen) atoms. The van der Waals surface area contributed by atoms with E-state index in [9.17, 15) is 9.59 Å². The van der Waals surface area contributed by atoms with Crippen LogP contribution >= 0.6 is 22.9 Å². The molecule has 3 rings (SSSR count). The smallest absolute Gasteiger partial charge is 0.317 e. The molecule has 0 saturated carbocycles. The lowest BCUT2D eigenvalue weighted by atomic mass is 10.0. The molecule has 180 valence electrons. The number of carbonyl (C=O) groups excluding carboxylic acids is 2. The van der Waals surface area contributed by atoms with Crippen molar-refractivity contribution in [2.45, 2.75) is 46.6 Å². The Morgan fingerprint density at radius 1 is 1.33 bits per heavy atom. The van der Waals surface area contributed by atoms with Crippen molar-refractivity contribution in [3.05, 3.63) is 50.7 Å². The first-order valence-electron chi connectivity index (χ1n) is 11.6. The Hall–Kier alpha value is -2.25. The van der Waals surface area contributed by atoms with E-state index in [4.69, 9.17) is 16.3 Å². The predicted octanol–water partition coefficient (Wildman–Crippen LogP) is 5.29. The number of rotatable bonds is 9. The third-order valence-electron chi connectivity index (χ3n) is 5.68. The van der Waals surface area contributed by atoms with Crippen LogP contribution in [0.4, 0.5) is 4.79 Å². The molecule has 2 heterocycles. The summed E-state index contributed by atoms with van der Waals surface area (Å²) in [7, 11) is 0. The number of amides is 3. The summed E-state index contributed by atoms with van der Waals surface area (Å²) in [5.74, 6) is 0.939. The lowest BCUT2D eigenvalue weighted by Gasteiger charge is -2.37. The van der Waals surface area contributed by atoms with Crippen LogP contribution in [0.1, 0.15) is 49.2 Å². The number of hydrogen-bond donors (Lipinski definition) is 1. The molecule has 0 fully saturated rings. The first-order chi connectivity index (χ1) is 15.8. The molecule has 1 aliphatic heterocycles. The van der Waals surface area contributed by atoms with Crippen LogP contribution in [-0.2, 0) is 11.2 Å². The lowest BCUT2D eigenvalue weighted by Crippen LogP contribution is -2.50. The van der Waals surface area contributed by atoms with Gasteiger partial charge in [-0.1, -0.05) is 32.4 Å². The summed E-state index contributed by atoms with van der Waals surface area (Å²) in [6.45, 7) is 10.2. The van der Waals surface area contributed by atoms with Gasteiger partial charge in [0.05, 0.1) is 6.04 Å². The van der Waals surface area contributed by atoms with Crippen LogP contribution in [0.25, 0.3) is 0 Å². The van der Waals surface area contributed by atoms with Crippen molar-refractivity contribution >= 4 is 34.9 Å². The summed E-state index contributed by atoms with van der Waals surface area (Å²) < 4.78 is 6.12. The molecule has 0 unspecified atom stereocenters. The van der Waals surface area contributed by atoms with E-state index in [0.717, 1.165) is 29.7 Å². The molecule has 1 aromatic carbocycles. The molecule has 1 atom stereocenters. The number of ether oxygens (including phenoxy) is 1. The second-order valence-corrected chi connectivity index (χ2v) is 10.3. The Bertz CT molecular complexity index is 962. The Kier molecular flexibility index (Phi) is 9.03. The highest BCUT2D eigenvalue weighted by Crippen LogP contribution is 2.34. The van der Waals surface area contributed by atoms with Crippen LogP contribution in [0.5, 0.6) is 5.75 Å². The second kappa shape index (κ2) is 11.7. The molecule has 6 nitrogen and oxygen atoms in total. The number of carbonyl (C=O) groups is 2. The zero-order valence-corrected chi connectivity index (χ0v) is 21.5. The molecular weight excluding hydrogens is 458 g/mol. The summed E-state index contributed by atoms with van der Waals surface area (Å²) in [6, 6.07) is 7.29. The largest absolute Gasteiger partial charge is 0.491 e. The van der Waals surface area contributed by atoms with Gasteiger partial charge in [-0.15, -0.1) is 11.3 Å². The number of hydrogen-bond acceptors (Lipinski definition) is 4. The molecule has 0 aliphatic carbocycles. The average Bonchev–Trinajstić information content (AvgIpc) is 3.26. The maximum atomic E-state index is 13.5. The van der Waals surface area contributed by atoms with E-state index in [-0.39, 0.29) is 30.4 Å². The third kappa shape index (κ3) is 6.64. The average molecular weight is 492 g/mol. The van der Waals surface area contributed by atoms with Crippen LogP contribution in [0.15, 0.2) is 29.6 Å². The summed E-state index contributed by atoms with van der Waals surface area (Å²) >= 11 is 7.86. The van der Waals surface area contributed by atoms with Gasteiger partial charge in [0.2, 0.25) is 5.91 Å². The number of nitrogens with zero attached hydrogens (tertiary/aromatic N) is 2. The van der Waals surface area contributed by atoms with Crippen LogP contribution in [0.2, 0.25) is 5.02 Å². The highest BCUT2D eigenvalue weighted by atomic mass is 35.5. The molecule has 0 saturated heterocycles. The topological polar surface area (TPSA) is 61.9 Å². The molecule has 1 aliphatic rings. The molecule has 1 aromatic heterocycles. The van der Waals surface area contributed by atoms with Gasteiger partial charge in [0.15, 0.2) is 0 Å². The van der Waals surface area contributed by atoms with Gasteiger partial charge in [0.1, 0.15) is 18.9 Å². The highest BCUT2D eigenvalue weighted by molar-refractivity contribution is 7.10. The fraction of sp³-hybridized carbons (Fsp3) is 0.520. The predicted molar refractivity (Wildman–Crippen MR) is 134 cm³/mol. The van der Waals surface area contributed by atoms with Gasteiger partial charge in [-0.25, -0.2) is 4.79 Å². The van der Waals surface area contributed by atoms with Gasteiger partial charge in [-0.05, 0) is 66.5 Å². The number of fused-ring (bicyclic) bond motifs is 1. The van der Waals surface area contributed by atoms with Crippen molar-refractivity contribution in [3.63, 3.8) is 0 Å². The van der Waals surface area contributed by atoms with Gasteiger partial charge >= 0.3 is 6.03 Å². The van der Waals surface area contributed by atoms with E-state index in [1.807, 2.05) is 50.8 Å². The lowest BCUT2D eigenvalue weighted by molar-refractivity contribution is -0.135. The van der Waals surface area contributed by atoms with E-state index < -0.39 is 0 Å². The number of nitrogens with one attached hydrogen (secondary N) is 1. The molecular formula is C25H34ClN3O3S. The fourth-order valence-corrected chi connectivity index (χ4v) is 5.06. The summed E-state index contributed by atoms with van der Waals surface area (Å²) in [5, 5.41) is 5.68. The number of halogens is 1. The minimum Gasteiger partial charge on any atom is -0.491 e. The standard InChI is InChI=1S/C25H34ClN3O3S/c1-5-10-27-25(31)28(14-17(2)3)15-24(30)29-11-8-23-20(9-12-33-23)22(29)16-32-19-6-7-21(26)18(4)13-19/h6-7,9,12-13,17,22H,5,8,10-11,14-16H2,1-4H3,(H,27,31)/t22-/m1/s1. The van der Waals surface area contributed by atoms with E-state index in [1.165, 1.54) is 4.88 Å². The Morgan fingerprint density at radius 3 is 2.82 bits per heavy atom. The Balaban J connectivity index is 1.76. The SMILES string of the molecule is CCCNC(=O)N(CC(=O)N1CCc2sccc2[C@H]1COc1ccc(Cl)c(C)c1)CC(C)C. The number of aryl methyl sites for hydroxylation is 1. The minimum absolute atomic E-state index is 0.0555. The second-order valence-electron chi connectivity index (χ2n) is 8.88. The third-order valence-corrected chi connectivity index (χ3v) is 7.10. The van der Waals surface area contributed by atoms with Crippen molar-refractivity contribution in [2.75, 3.05) is 32.8 Å². The van der Waals surface area contributed by atoms with E-state index in [0.29, 0.717) is 31.3 Å². The van der Waals surface area contributed by atoms with Gasteiger partial charge in [-0.3, -0.25) is 4.79 Å². The number of urea groups is 1. The summed E-state index contributed by atoms with van der Waals surface area (Å²) in [6.07, 6.45) is 1.67. The van der Waals surface area contributed by atoms with Crippen molar-refractivity contribution in [2.24, 2.45) is 5.92 Å². The molecule has 1 N–H and O–H groups in total. The van der Waals surface area contributed by atoms with Crippen LogP contribution in [-0.4, -0.2) is 54.5 Å². The number of benzene rings is 1. The van der Waals surface area contributed by atoms with Crippen LogP contribution in [0, 0.1) is 12.8 Å². The van der Waals surface area contributed by atoms with Crippen molar-refractivity contribution in [1.82, 2.24) is 15.1 Å². The monoisotopic (exact) mass is 491 g/mol. The molecule has 0 bridgehead atoms. The summed E-state index contributed by atoms with van der Waals surface area (Å²) in [5.41, 5.74) is 2.08. The summed E-state index contributed by atoms with van der Waals surface area (Å²) in [4.78, 5) is 30.9.